The third kappa shape index (κ3) is 4.18. The van der Waals surface area contributed by atoms with Gasteiger partial charge in [0.05, 0.1) is 7.11 Å². The average molecular weight is 453 g/mol. The van der Waals surface area contributed by atoms with Crippen molar-refractivity contribution in [3.63, 3.8) is 0 Å². The van der Waals surface area contributed by atoms with Crippen molar-refractivity contribution in [3.05, 3.63) is 42.5 Å². The molecule has 0 radical (unpaired) electrons. The van der Waals surface area contributed by atoms with Crippen molar-refractivity contribution >= 4 is 48.1 Å². The van der Waals surface area contributed by atoms with Crippen LogP contribution in [0.3, 0.4) is 0 Å². The molecule has 0 saturated heterocycles. The second-order valence-electron chi connectivity index (χ2n) is 6.04. The fourth-order valence-corrected chi connectivity index (χ4v) is 3.97. The van der Waals surface area contributed by atoms with E-state index in [0.717, 1.165) is 18.2 Å². The Labute approximate surface area is 170 Å². The molecule has 0 aliphatic rings. The van der Waals surface area contributed by atoms with Crippen molar-refractivity contribution in [3.8, 4) is 11.5 Å². The van der Waals surface area contributed by atoms with Crippen LogP contribution in [0.4, 0.5) is 17.1 Å². The molecule has 3 rings (SSSR count). The molecule has 0 aliphatic carbocycles. The van der Waals surface area contributed by atoms with Crippen LogP contribution in [0.15, 0.2) is 62.5 Å². The fraction of sp³-hybridized carbons (Fsp3) is 0.0588. The Morgan fingerprint density at radius 1 is 0.900 bits per heavy atom. The van der Waals surface area contributed by atoms with Gasteiger partial charge in [0, 0.05) is 17.1 Å². The maximum atomic E-state index is 11.8. The molecule has 0 fully saturated rings. The Bertz CT molecular complexity index is 1400. The molecule has 158 valence electrons. The largest absolute Gasteiger partial charge is 0.505 e. The molecular formula is C17H15N3O8S2. The summed E-state index contributed by atoms with van der Waals surface area (Å²) < 4.78 is 70.8. The van der Waals surface area contributed by atoms with Crippen LogP contribution in [0.25, 0.3) is 10.8 Å². The molecule has 11 nitrogen and oxygen atoms in total. The van der Waals surface area contributed by atoms with Crippen molar-refractivity contribution in [1.82, 2.24) is 0 Å². The van der Waals surface area contributed by atoms with E-state index in [1.54, 1.807) is 0 Å². The number of methoxy groups -OCH3 is 1. The van der Waals surface area contributed by atoms with E-state index >= 15 is 0 Å². The number of nitrogen functional groups attached to an aromatic ring is 1. The van der Waals surface area contributed by atoms with Gasteiger partial charge in [-0.2, -0.15) is 16.8 Å². The SMILES string of the molecule is COc1ccc(/N=N/c2c(S(=O)(=O)O)cc3cc(N)ccc3c2O)c(S(=O)(=O)O)c1. The van der Waals surface area contributed by atoms with Crippen molar-refractivity contribution in [1.29, 1.82) is 0 Å². The number of anilines is 1. The molecular weight excluding hydrogens is 438 g/mol. The van der Waals surface area contributed by atoms with Crippen LogP contribution in [-0.2, 0) is 20.2 Å². The van der Waals surface area contributed by atoms with Gasteiger partial charge >= 0.3 is 0 Å². The monoisotopic (exact) mass is 453 g/mol. The normalized spacial score (nSPS) is 12.5. The number of hydrogen-bond acceptors (Lipinski definition) is 9. The zero-order valence-corrected chi connectivity index (χ0v) is 16.8. The van der Waals surface area contributed by atoms with E-state index in [9.17, 15) is 31.0 Å². The second kappa shape index (κ2) is 7.53. The van der Waals surface area contributed by atoms with Gasteiger partial charge in [-0.05, 0) is 41.8 Å². The molecule has 3 aromatic rings. The number of nitrogens with zero attached hydrogens (tertiary/aromatic N) is 2. The zero-order chi connectivity index (χ0) is 22.3. The van der Waals surface area contributed by atoms with Crippen LogP contribution in [-0.4, -0.2) is 38.2 Å². The van der Waals surface area contributed by atoms with E-state index in [1.165, 1.54) is 31.4 Å². The van der Waals surface area contributed by atoms with E-state index in [2.05, 4.69) is 10.2 Å². The van der Waals surface area contributed by atoms with Crippen LogP contribution >= 0.6 is 0 Å². The maximum Gasteiger partial charge on any atom is 0.296 e. The number of phenols is 1. The predicted octanol–water partition coefficient (Wildman–Crippen LogP) is 3.05. The third-order valence-corrected chi connectivity index (χ3v) is 5.81. The Morgan fingerprint density at radius 2 is 1.57 bits per heavy atom. The third-order valence-electron chi connectivity index (χ3n) is 4.06. The first-order chi connectivity index (χ1) is 13.9. The molecule has 0 aromatic heterocycles. The number of fused-ring (bicyclic) bond motifs is 1. The number of benzene rings is 3. The zero-order valence-electron chi connectivity index (χ0n) is 15.2. The summed E-state index contributed by atoms with van der Waals surface area (Å²) >= 11 is 0. The van der Waals surface area contributed by atoms with E-state index < -0.39 is 41.5 Å². The summed E-state index contributed by atoms with van der Waals surface area (Å²) in [6.07, 6.45) is 0. The highest BCUT2D eigenvalue weighted by Crippen LogP contribution is 2.42. The lowest BCUT2D eigenvalue weighted by atomic mass is 10.1. The Kier molecular flexibility index (Phi) is 5.38. The fourth-order valence-electron chi connectivity index (χ4n) is 2.68. The minimum atomic E-state index is -4.86. The molecule has 0 bridgehead atoms. The first-order valence-electron chi connectivity index (χ1n) is 8.02. The lowest BCUT2D eigenvalue weighted by Crippen LogP contribution is -2.00. The van der Waals surface area contributed by atoms with E-state index in [4.69, 9.17) is 10.5 Å². The molecule has 5 N–H and O–H groups in total. The standard InChI is InChI=1S/C17H15N3O8S2/c1-28-11-3-5-13(14(8-11)29(22,23)24)19-20-16-15(30(25,26)27)7-9-6-10(18)2-4-12(9)17(16)21/h2-8,21H,18H2,1H3,(H,22,23,24)(H,25,26,27)/b20-19+. The summed E-state index contributed by atoms with van der Waals surface area (Å²) in [6.45, 7) is 0. The van der Waals surface area contributed by atoms with Gasteiger partial charge in [-0.1, -0.05) is 0 Å². The van der Waals surface area contributed by atoms with Crippen molar-refractivity contribution in [2.24, 2.45) is 10.2 Å². The maximum absolute atomic E-state index is 11.8. The van der Waals surface area contributed by atoms with E-state index in [-0.39, 0.29) is 27.9 Å². The smallest absolute Gasteiger partial charge is 0.296 e. The number of rotatable bonds is 5. The van der Waals surface area contributed by atoms with E-state index in [0.29, 0.717) is 0 Å². The molecule has 13 heteroatoms. The van der Waals surface area contributed by atoms with Gasteiger partial charge in [-0.25, -0.2) is 0 Å². The van der Waals surface area contributed by atoms with Crippen molar-refractivity contribution in [2.75, 3.05) is 12.8 Å². The van der Waals surface area contributed by atoms with Gasteiger partial charge in [-0.3, -0.25) is 9.11 Å². The highest BCUT2D eigenvalue weighted by molar-refractivity contribution is 7.86. The summed E-state index contributed by atoms with van der Waals surface area (Å²) in [5, 5.41) is 18.2. The molecule has 0 heterocycles. The highest BCUT2D eigenvalue weighted by Gasteiger charge is 2.23. The summed E-state index contributed by atoms with van der Waals surface area (Å²) in [7, 11) is -8.31. The lowest BCUT2D eigenvalue weighted by Gasteiger charge is -2.09. The Balaban J connectivity index is 2.27. The molecule has 0 amide bonds. The van der Waals surface area contributed by atoms with Crippen LogP contribution in [0.5, 0.6) is 11.5 Å². The number of phenolic OH excluding ortho intramolecular Hbond substituents is 1. The second-order valence-corrected chi connectivity index (χ2v) is 8.82. The van der Waals surface area contributed by atoms with Crippen LogP contribution in [0, 0.1) is 0 Å². The first kappa shape index (κ1) is 21.4. The number of ether oxygens (including phenoxy) is 1. The molecule has 0 unspecified atom stereocenters. The van der Waals surface area contributed by atoms with Gasteiger partial charge in [-0.15, -0.1) is 10.2 Å². The molecule has 0 spiro atoms. The first-order valence-corrected chi connectivity index (χ1v) is 10.9. The summed E-state index contributed by atoms with van der Waals surface area (Å²) in [6, 6.07) is 8.74. The Morgan fingerprint density at radius 3 is 2.17 bits per heavy atom. The lowest BCUT2D eigenvalue weighted by molar-refractivity contribution is 0.412. The molecule has 30 heavy (non-hydrogen) atoms. The van der Waals surface area contributed by atoms with Gasteiger partial charge in [0.15, 0.2) is 5.75 Å². The minimum Gasteiger partial charge on any atom is -0.505 e. The average Bonchev–Trinajstić information content (AvgIpc) is 2.65. The molecule has 0 atom stereocenters. The Hall–Kier alpha value is -3.26. The number of azo groups is 1. The molecule has 0 aliphatic heterocycles. The number of nitrogens with two attached hydrogens (primary N) is 1. The molecule has 0 saturated carbocycles. The topological polar surface area (TPSA) is 189 Å². The summed E-state index contributed by atoms with van der Waals surface area (Å²) in [4.78, 5) is -1.43. The summed E-state index contributed by atoms with van der Waals surface area (Å²) in [5.74, 6) is -0.530. The van der Waals surface area contributed by atoms with Crippen LogP contribution < -0.4 is 10.5 Å². The number of hydrogen-bond donors (Lipinski definition) is 4. The van der Waals surface area contributed by atoms with Crippen molar-refractivity contribution < 1.29 is 35.8 Å². The van der Waals surface area contributed by atoms with Gasteiger partial charge < -0.3 is 15.6 Å². The van der Waals surface area contributed by atoms with Crippen LogP contribution in [0.1, 0.15) is 0 Å². The van der Waals surface area contributed by atoms with Crippen LogP contribution in [0.2, 0.25) is 0 Å². The van der Waals surface area contributed by atoms with Gasteiger partial charge in [0.1, 0.15) is 26.9 Å². The van der Waals surface area contributed by atoms with E-state index in [1.807, 2.05) is 0 Å². The summed E-state index contributed by atoms with van der Waals surface area (Å²) in [5.41, 5.74) is 4.95. The predicted molar refractivity (Wildman–Crippen MR) is 107 cm³/mol. The minimum absolute atomic E-state index is 0.103. The van der Waals surface area contributed by atoms with Gasteiger partial charge in [0.2, 0.25) is 0 Å². The quantitative estimate of drug-likeness (QED) is 0.255. The van der Waals surface area contributed by atoms with Gasteiger partial charge in [0.25, 0.3) is 20.2 Å². The number of aromatic hydroxyl groups is 1. The highest BCUT2D eigenvalue weighted by atomic mass is 32.2. The van der Waals surface area contributed by atoms with Crippen molar-refractivity contribution in [2.45, 2.75) is 9.79 Å². The molecule has 3 aromatic carbocycles.